The van der Waals surface area contributed by atoms with Gasteiger partial charge in [-0.3, -0.25) is 4.79 Å². The van der Waals surface area contributed by atoms with Crippen molar-refractivity contribution in [2.45, 2.75) is 25.7 Å². The van der Waals surface area contributed by atoms with Crippen LogP contribution in [0.2, 0.25) is 0 Å². The number of nitrogens with zero attached hydrogens (tertiary/aromatic N) is 1. The zero-order valence-electron chi connectivity index (χ0n) is 11.1. The van der Waals surface area contributed by atoms with Crippen molar-refractivity contribution >= 4 is 22.9 Å². The van der Waals surface area contributed by atoms with Gasteiger partial charge in [0.25, 0.3) is 0 Å². The van der Waals surface area contributed by atoms with Gasteiger partial charge in [0.2, 0.25) is 5.91 Å². The van der Waals surface area contributed by atoms with Crippen LogP contribution in [-0.4, -0.2) is 12.5 Å². The number of hydrogen-bond donors (Lipinski definition) is 0. The molecule has 0 saturated carbocycles. The summed E-state index contributed by atoms with van der Waals surface area (Å²) in [6, 6.07) is 9.08. The highest BCUT2D eigenvalue weighted by Crippen LogP contribution is 2.30. The minimum absolute atomic E-state index is 0.0180. The van der Waals surface area contributed by atoms with Crippen LogP contribution in [0.4, 0.5) is 10.1 Å². The van der Waals surface area contributed by atoms with Gasteiger partial charge in [-0.1, -0.05) is 18.2 Å². The molecular weight excluding hydrogens is 273 g/mol. The van der Waals surface area contributed by atoms with Crippen LogP contribution in [0.25, 0.3) is 0 Å². The number of benzene rings is 1. The van der Waals surface area contributed by atoms with Gasteiger partial charge in [-0.2, -0.15) is 0 Å². The molecule has 1 amide bonds. The zero-order chi connectivity index (χ0) is 13.9. The van der Waals surface area contributed by atoms with Crippen LogP contribution in [0.5, 0.6) is 0 Å². The maximum absolute atomic E-state index is 14.0. The molecule has 20 heavy (non-hydrogen) atoms. The van der Waals surface area contributed by atoms with E-state index in [0.29, 0.717) is 18.7 Å². The summed E-state index contributed by atoms with van der Waals surface area (Å²) in [5.74, 6) is -0.267. The Bertz CT molecular complexity index is 609. The van der Waals surface area contributed by atoms with Crippen molar-refractivity contribution in [3.8, 4) is 0 Å². The standard InChI is InChI=1S/C16H16FNOS/c17-14-7-1-4-12-5-2-10-18(16(12)14)15(19)9-8-13-6-3-11-20-13/h1,3-4,6-7,11H,2,5,8-10H2. The Morgan fingerprint density at radius 2 is 2.20 bits per heavy atom. The van der Waals surface area contributed by atoms with Crippen LogP contribution in [0.3, 0.4) is 0 Å². The summed E-state index contributed by atoms with van der Waals surface area (Å²) < 4.78 is 14.0. The Morgan fingerprint density at radius 3 is 3.00 bits per heavy atom. The largest absolute Gasteiger partial charge is 0.309 e. The molecule has 0 N–H and O–H groups in total. The number of anilines is 1. The van der Waals surface area contributed by atoms with E-state index in [9.17, 15) is 9.18 Å². The lowest BCUT2D eigenvalue weighted by Gasteiger charge is -2.29. The Hall–Kier alpha value is -1.68. The van der Waals surface area contributed by atoms with Gasteiger partial charge in [0.15, 0.2) is 0 Å². The van der Waals surface area contributed by atoms with Crippen molar-refractivity contribution in [2.75, 3.05) is 11.4 Å². The van der Waals surface area contributed by atoms with E-state index in [1.807, 2.05) is 23.6 Å². The normalized spacial score (nSPS) is 14.2. The third-order valence-electron chi connectivity index (χ3n) is 3.63. The first-order chi connectivity index (χ1) is 9.75. The SMILES string of the molecule is O=C(CCc1cccs1)N1CCCc2cccc(F)c21. The molecule has 0 fully saturated rings. The Labute approximate surface area is 121 Å². The topological polar surface area (TPSA) is 20.3 Å². The van der Waals surface area contributed by atoms with E-state index in [4.69, 9.17) is 0 Å². The van der Waals surface area contributed by atoms with E-state index in [1.54, 1.807) is 22.3 Å². The van der Waals surface area contributed by atoms with Gasteiger partial charge in [-0.05, 0) is 42.3 Å². The second kappa shape index (κ2) is 5.75. The summed E-state index contributed by atoms with van der Waals surface area (Å²) in [7, 11) is 0. The molecule has 0 bridgehead atoms. The second-order valence-electron chi connectivity index (χ2n) is 4.98. The lowest BCUT2D eigenvalue weighted by molar-refractivity contribution is -0.118. The summed E-state index contributed by atoms with van der Waals surface area (Å²) in [6.07, 6.45) is 2.92. The maximum Gasteiger partial charge on any atom is 0.227 e. The number of amides is 1. The summed E-state index contributed by atoms with van der Waals surface area (Å²) >= 11 is 1.66. The molecule has 1 aromatic heterocycles. The number of hydrogen-bond acceptors (Lipinski definition) is 2. The second-order valence-corrected chi connectivity index (χ2v) is 6.01. The number of carbonyl (C=O) groups is 1. The number of halogens is 1. The highest BCUT2D eigenvalue weighted by Gasteiger charge is 2.25. The zero-order valence-corrected chi connectivity index (χ0v) is 12.0. The predicted octanol–water partition coefficient (Wildman–Crippen LogP) is 3.80. The first kappa shape index (κ1) is 13.3. The molecule has 0 unspecified atom stereocenters. The molecule has 2 heterocycles. The summed E-state index contributed by atoms with van der Waals surface area (Å²) in [6.45, 7) is 0.622. The first-order valence-electron chi connectivity index (χ1n) is 6.86. The van der Waals surface area contributed by atoms with Crippen LogP contribution >= 0.6 is 11.3 Å². The van der Waals surface area contributed by atoms with Gasteiger partial charge < -0.3 is 4.90 Å². The molecule has 4 heteroatoms. The lowest BCUT2D eigenvalue weighted by Crippen LogP contribution is -2.36. The van der Waals surface area contributed by atoms with Crippen LogP contribution in [0.15, 0.2) is 35.7 Å². The van der Waals surface area contributed by atoms with E-state index in [2.05, 4.69) is 0 Å². The first-order valence-corrected chi connectivity index (χ1v) is 7.74. The predicted molar refractivity (Wildman–Crippen MR) is 79.7 cm³/mol. The van der Waals surface area contributed by atoms with E-state index in [-0.39, 0.29) is 11.7 Å². The van der Waals surface area contributed by atoms with E-state index in [1.165, 1.54) is 10.9 Å². The molecule has 2 aromatic rings. The minimum Gasteiger partial charge on any atom is -0.309 e. The van der Waals surface area contributed by atoms with Crippen molar-refractivity contribution < 1.29 is 9.18 Å². The summed E-state index contributed by atoms with van der Waals surface area (Å²) in [4.78, 5) is 15.2. The van der Waals surface area contributed by atoms with Crippen molar-refractivity contribution in [1.82, 2.24) is 0 Å². The quantitative estimate of drug-likeness (QED) is 0.841. The Balaban J connectivity index is 1.76. The van der Waals surface area contributed by atoms with Crippen LogP contribution in [0, 0.1) is 5.82 Å². The van der Waals surface area contributed by atoms with E-state index >= 15 is 0 Å². The van der Waals surface area contributed by atoms with E-state index < -0.39 is 0 Å². The highest BCUT2D eigenvalue weighted by atomic mass is 32.1. The average molecular weight is 289 g/mol. The maximum atomic E-state index is 14.0. The van der Waals surface area contributed by atoms with Crippen LogP contribution < -0.4 is 4.90 Å². The van der Waals surface area contributed by atoms with Gasteiger partial charge in [-0.25, -0.2) is 4.39 Å². The Morgan fingerprint density at radius 1 is 1.30 bits per heavy atom. The fourth-order valence-electron chi connectivity index (χ4n) is 2.67. The molecule has 104 valence electrons. The molecule has 1 aliphatic rings. The third-order valence-corrected chi connectivity index (χ3v) is 4.57. The number of rotatable bonds is 3. The molecule has 3 rings (SSSR count). The van der Waals surface area contributed by atoms with Gasteiger partial charge in [0.1, 0.15) is 5.82 Å². The molecular formula is C16H16FNOS. The van der Waals surface area contributed by atoms with Crippen LogP contribution in [0.1, 0.15) is 23.3 Å². The molecule has 0 radical (unpaired) electrons. The van der Waals surface area contributed by atoms with Crippen LogP contribution in [-0.2, 0) is 17.6 Å². The fourth-order valence-corrected chi connectivity index (χ4v) is 3.38. The number of aryl methyl sites for hydroxylation is 2. The lowest BCUT2D eigenvalue weighted by atomic mass is 10.0. The van der Waals surface area contributed by atoms with E-state index in [0.717, 1.165) is 24.8 Å². The van der Waals surface area contributed by atoms with Gasteiger partial charge in [0, 0.05) is 17.8 Å². The minimum atomic E-state index is -0.285. The number of carbonyl (C=O) groups excluding carboxylic acids is 1. The van der Waals surface area contributed by atoms with Crippen molar-refractivity contribution in [3.63, 3.8) is 0 Å². The molecule has 0 aliphatic carbocycles. The Kier molecular flexibility index (Phi) is 3.83. The summed E-state index contributed by atoms with van der Waals surface area (Å²) in [5, 5.41) is 2.01. The molecule has 0 atom stereocenters. The van der Waals surface area contributed by atoms with Crippen molar-refractivity contribution in [1.29, 1.82) is 0 Å². The molecule has 2 nitrogen and oxygen atoms in total. The van der Waals surface area contributed by atoms with Gasteiger partial charge in [-0.15, -0.1) is 11.3 Å². The van der Waals surface area contributed by atoms with Gasteiger partial charge in [0.05, 0.1) is 5.69 Å². The molecule has 1 aromatic carbocycles. The summed E-state index contributed by atoms with van der Waals surface area (Å²) in [5.41, 5.74) is 1.44. The number of thiophene rings is 1. The fraction of sp³-hybridized carbons (Fsp3) is 0.312. The highest BCUT2D eigenvalue weighted by molar-refractivity contribution is 7.09. The average Bonchev–Trinajstić information content (AvgIpc) is 2.98. The van der Waals surface area contributed by atoms with Crippen molar-refractivity contribution in [2.24, 2.45) is 0 Å². The molecule has 0 spiro atoms. The molecule has 1 aliphatic heterocycles. The third kappa shape index (κ3) is 2.61. The molecule has 0 saturated heterocycles. The number of para-hydroxylation sites is 1. The monoisotopic (exact) mass is 289 g/mol. The van der Waals surface area contributed by atoms with Crippen molar-refractivity contribution in [3.05, 3.63) is 52.0 Å². The number of fused-ring (bicyclic) bond motifs is 1. The smallest absolute Gasteiger partial charge is 0.227 e. The van der Waals surface area contributed by atoms with Gasteiger partial charge >= 0.3 is 0 Å².